The van der Waals surface area contributed by atoms with Crippen LogP contribution in [-0.4, -0.2) is 84.0 Å². The molecule has 1 saturated heterocycles. The quantitative estimate of drug-likeness (QED) is 0.398. The average molecular weight is 689 g/mol. The molecule has 0 spiro atoms. The van der Waals surface area contributed by atoms with E-state index in [9.17, 15) is 39.2 Å². The second kappa shape index (κ2) is 12.5. The summed E-state index contributed by atoms with van der Waals surface area (Å²) < 4.78 is 127. The molecule has 2 aliphatic heterocycles. The van der Waals surface area contributed by atoms with Crippen molar-refractivity contribution in [3.05, 3.63) is 47.2 Å². The van der Waals surface area contributed by atoms with Crippen LogP contribution in [0.3, 0.4) is 0 Å². The van der Waals surface area contributed by atoms with Gasteiger partial charge in [0.1, 0.15) is 17.7 Å². The molecule has 2 heterocycles. The molecule has 4 rings (SSSR count). The molecule has 12 nitrogen and oxygen atoms in total. The van der Waals surface area contributed by atoms with E-state index in [1.54, 1.807) is 6.92 Å². The molecule has 1 amide bonds. The van der Waals surface area contributed by atoms with Crippen molar-refractivity contribution in [3.63, 3.8) is 0 Å². The monoisotopic (exact) mass is 688 g/mol. The van der Waals surface area contributed by atoms with Crippen LogP contribution in [0.25, 0.3) is 0 Å². The third-order valence-corrected chi connectivity index (χ3v) is 10.3. The van der Waals surface area contributed by atoms with E-state index in [0.29, 0.717) is 13.8 Å². The van der Waals surface area contributed by atoms with Gasteiger partial charge >= 0.3 is 12.3 Å². The molecule has 2 N–H and O–H groups in total. The fourth-order valence-electron chi connectivity index (χ4n) is 4.22. The number of benzene rings is 2. The standard InChI is InChI=1S/C25H29ClF4N4O8S2/c1-15-13-33(8-9-40-15)44(38,39)31-12-17-14-34(43(36,37)18-5-6-20(27)19(26)11-18)21-10-16(4-7-22(21)41-17)32-23(35)42-24(2,3)25(28,29)30/h4-7,10-11,15,17,31H,8-9,12-14H2,1-3H3,(H,32,35). The minimum Gasteiger partial charge on any atom is -0.485 e. The number of fused-ring (bicyclic) bond motifs is 1. The number of sulfonamides is 1. The van der Waals surface area contributed by atoms with Crippen LogP contribution >= 0.6 is 11.6 Å². The van der Waals surface area contributed by atoms with Gasteiger partial charge in [0.25, 0.3) is 20.2 Å². The number of carbonyl (C=O) groups is 1. The number of halogens is 5. The smallest absolute Gasteiger partial charge is 0.427 e. The third kappa shape index (κ3) is 7.48. The summed E-state index contributed by atoms with van der Waals surface area (Å²) in [4.78, 5) is 11.9. The number of morpholine rings is 1. The minimum atomic E-state index is -4.87. The minimum absolute atomic E-state index is 0.0632. The van der Waals surface area contributed by atoms with Crippen molar-refractivity contribution in [2.75, 3.05) is 42.4 Å². The van der Waals surface area contributed by atoms with Gasteiger partial charge in [-0.15, -0.1) is 0 Å². The second-order valence-corrected chi connectivity index (χ2v) is 14.5. The number of hydrogen-bond acceptors (Lipinski definition) is 8. The van der Waals surface area contributed by atoms with Gasteiger partial charge in [0.15, 0.2) is 0 Å². The van der Waals surface area contributed by atoms with Crippen molar-refractivity contribution in [2.24, 2.45) is 0 Å². The van der Waals surface area contributed by atoms with Crippen LogP contribution in [-0.2, 0) is 29.7 Å². The number of nitrogens with one attached hydrogen (secondary N) is 2. The van der Waals surface area contributed by atoms with Gasteiger partial charge in [-0.2, -0.15) is 30.6 Å². The summed E-state index contributed by atoms with van der Waals surface area (Å²) in [5.41, 5.74) is -3.13. The maximum atomic E-state index is 13.8. The number of rotatable bonds is 8. The molecular weight excluding hydrogens is 660 g/mol. The van der Waals surface area contributed by atoms with E-state index in [1.807, 2.05) is 0 Å². The van der Waals surface area contributed by atoms with Gasteiger partial charge < -0.3 is 14.2 Å². The van der Waals surface area contributed by atoms with E-state index in [4.69, 9.17) is 21.1 Å². The van der Waals surface area contributed by atoms with Crippen LogP contribution in [0.4, 0.5) is 33.7 Å². The van der Waals surface area contributed by atoms with Crippen molar-refractivity contribution in [3.8, 4) is 5.75 Å². The molecule has 0 bridgehead atoms. The Balaban J connectivity index is 1.63. The van der Waals surface area contributed by atoms with Gasteiger partial charge in [-0.25, -0.2) is 17.6 Å². The zero-order valence-electron chi connectivity index (χ0n) is 23.5. The highest BCUT2D eigenvalue weighted by molar-refractivity contribution is 7.92. The SMILES string of the molecule is CC1CN(S(=O)(=O)NCC2CN(S(=O)(=O)c3ccc(F)c(Cl)c3)c3cc(NC(=O)OC(C)(C)C(F)(F)F)ccc3O2)CCO1. The van der Waals surface area contributed by atoms with Crippen LogP contribution in [0.5, 0.6) is 5.75 Å². The molecule has 19 heteroatoms. The van der Waals surface area contributed by atoms with Crippen LogP contribution in [0.2, 0.25) is 5.02 Å². The Bertz CT molecular complexity index is 1630. The van der Waals surface area contributed by atoms with Gasteiger partial charge in [-0.05, 0) is 57.2 Å². The Morgan fingerprint density at radius 2 is 1.82 bits per heavy atom. The van der Waals surface area contributed by atoms with Crippen LogP contribution in [0.15, 0.2) is 41.3 Å². The second-order valence-electron chi connectivity index (χ2n) is 10.4. The normalized spacial score (nSPS) is 20.0. The van der Waals surface area contributed by atoms with Gasteiger partial charge in [-0.3, -0.25) is 9.62 Å². The molecule has 2 aliphatic rings. The van der Waals surface area contributed by atoms with E-state index >= 15 is 0 Å². The van der Waals surface area contributed by atoms with Crippen molar-refractivity contribution < 1.29 is 53.4 Å². The summed E-state index contributed by atoms with van der Waals surface area (Å²) >= 11 is 5.82. The molecule has 0 saturated carbocycles. The van der Waals surface area contributed by atoms with Crippen LogP contribution < -0.4 is 19.1 Å². The highest BCUT2D eigenvalue weighted by Gasteiger charge is 2.51. The van der Waals surface area contributed by atoms with Crippen molar-refractivity contribution in [2.45, 2.75) is 49.7 Å². The number of nitrogens with zero attached hydrogens (tertiary/aromatic N) is 2. The number of anilines is 2. The summed E-state index contributed by atoms with van der Waals surface area (Å²) in [7, 11) is -8.52. The fraction of sp³-hybridized carbons (Fsp3) is 0.480. The maximum Gasteiger partial charge on any atom is 0.427 e. The Hall–Kier alpha value is -2.90. The van der Waals surface area contributed by atoms with E-state index in [0.717, 1.165) is 28.6 Å². The summed E-state index contributed by atoms with van der Waals surface area (Å²) in [6, 6.07) is 6.29. The van der Waals surface area contributed by atoms with E-state index in [-0.39, 0.29) is 49.5 Å². The predicted molar refractivity (Wildman–Crippen MR) is 151 cm³/mol. The first-order valence-electron chi connectivity index (χ1n) is 13.0. The Morgan fingerprint density at radius 1 is 1.11 bits per heavy atom. The lowest BCUT2D eigenvalue weighted by Gasteiger charge is -2.36. The topological polar surface area (TPSA) is 144 Å². The molecule has 2 unspecified atom stereocenters. The summed E-state index contributed by atoms with van der Waals surface area (Å²) in [5, 5.41) is 1.65. The van der Waals surface area contributed by atoms with Crippen molar-refractivity contribution in [1.29, 1.82) is 0 Å². The number of alkyl halides is 3. The summed E-state index contributed by atoms with van der Waals surface area (Å²) in [6.07, 6.45) is -7.74. The van der Waals surface area contributed by atoms with Gasteiger partial charge in [-0.1, -0.05) is 11.6 Å². The van der Waals surface area contributed by atoms with Gasteiger partial charge in [0.05, 0.1) is 41.4 Å². The molecule has 0 aromatic heterocycles. The zero-order valence-corrected chi connectivity index (χ0v) is 25.9. The Morgan fingerprint density at radius 3 is 2.45 bits per heavy atom. The lowest BCUT2D eigenvalue weighted by Crippen LogP contribution is -2.53. The molecule has 244 valence electrons. The highest BCUT2D eigenvalue weighted by Crippen LogP contribution is 2.40. The molecular formula is C25H29ClF4N4O8S2. The predicted octanol–water partition coefficient (Wildman–Crippen LogP) is 3.88. The summed E-state index contributed by atoms with van der Waals surface area (Å²) in [6.45, 7) is 2.62. The molecule has 44 heavy (non-hydrogen) atoms. The lowest BCUT2D eigenvalue weighted by atomic mass is 10.1. The molecule has 2 aromatic carbocycles. The van der Waals surface area contributed by atoms with Crippen LogP contribution in [0, 0.1) is 5.82 Å². The first-order valence-corrected chi connectivity index (χ1v) is 16.3. The fourth-order valence-corrected chi connectivity index (χ4v) is 7.29. The first-order chi connectivity index (χ1) is 20.3. The van der Waals surface area contributed by atoms with E-state index in [2.05, 4.69) is 14.8 Å². The Kier molecular flexibility index (Phi) is 9.64. The van der Waals surface area contributed by atoms with E-state index in [1.165, 1.54) is 16.4 Å². The molecule has 1 fully saturated rings. The Labute approximate surface area is 256 Å². The number of ether oxygens (including phenoxy) is 3. The zero-order chi connectivity index (χ0) is 32.7. The first kappa shape index (κ1) is 34.0. The highest BCUT2D eigenvalue weighted by atomic mass is 35.5. The average Bonchev–Trinajstić information content (AvgIpc) is 2.92. The number of hydrogen-bond donors (Lipinski definition) is 2. The van der Waals surface area contributed by atoms with Gasteiger partial charge in [0.2, 0.25) is 5.60 Å². The van der Waals surface area contributed by atoms with E-state index < -0.39 is 66.5 Å². The maximum absolute atomic E-state index is 13.8. The van der Waals surface area contributed by atoms with Gasteiger partial charge in [0, 0.05) is 18.8 Å². The summed E-state index contributed by atoms with van der Waals surface area (Å²) in [5.74, 6) is -0.934. The van der Waals surface area contributed by atoms with Crippen molar-refractivity contribution in [1.82, 2.24) is 9.03 Å². The number of amides is 1. The largest absolute Gasteiger partial charge is 0.485 e. The third-order valence-electron chi connectivity index (χ3n) is 6.68. The number of carbonyl (C=O) groups excluding carboxylic acids is 1. The molecule has 0 aliphatic carbocycles. The lowest BCUT2D eigenvalue weighted by molar-refractivity contribution is -0.242. The molecule has 2 aromatic rings. The molecule has 0 radical (unpaired) electrons. The molecule has 2 atom stereocenters. The van der Waals surface area contributed by atoms with Crippen LogP contribution in [0.1, 0.15) is 20.8 Å². The van der Waals surface area contributed by atoms with Crippen molar-refractivity contribution >= 4 is 49.3 Å².